The summed E-state index contributed by atoms with van der Waals surface area (Å²) in [5.41, 5.74) is 4.97. The number of alkyl halides is 3. The van der Waals surface area contributed by atoms with Gasteiger partial charge in [-0.25, -0.2) is 0 Å². The van der Waals surface area contributed by atoms with Gasteiger partial charge in [-0.3, -0.25) is 0 Å². The van der Waals surface area contributed by atoms with Gasteiger partial charge in [-0.15, -0.1) is 0 Å². The first-order valence-corrected chi connectivity index (χ1v) is 5.48. The third-order valence-corrected chi connectivity index (χ3v) is 2.32. The number of rotatable bonds is 6. The van der Waals surface area contributed by atoms with Crippen LogP contribution in [0.25, 0.3) is 0 Å². The molecule has 1 aromatic carbocycles. The van der Waals surface area contributed by atoms with E-state index in [2.05, 4.69) is 0 Å². The predicted molar refractivity (Wildman–Crippen MR) is 61.4 cm³/mol. The maximum Gasteiger partial charge on any atom is 0.416 e. The van der Waals surface area contributed by atoms with Gasteiger partial charge in [0.2, 0.25) is 0 Å². The highest BCUT2D eigenvalue weighted by Gasteiger charge is 2.30. The molecular formula is C12H16F3NO2. The predicted octanol–water partition coefficient (Wildman–Crippen LogP) is 2.45. The van der Waals surface area contributed by atoms with Crippen LogP contribution < -0.4 is 10.5 Å². The molecule has 3 nitrogen and oxygen atoms in total. The molecule has 2 N–H and O–H groups in total. The lowest BCUT2D eigenvalue weighted by atomic mass is 10.2. The van der Waals surface area contributed by atoms with Gasteiger partial charge in [-0.05, 0) is 24.6 Å². The van der Waals surface area contributed by atoms with E-state index in [4.69, 9.17) is 15.2 Å². The molecule has 1 atom stereocenters. The summed E-state index contributed by atoms with van der Waals surface area (Å²) < 4.78 is 47.4. The molecule has 1 rings (SSSR count). The number of hydrogen-bond donors (Lipinski definition) is 1. The van der Waals surface area contributed by atoms with Crippen molar-refractivity contribution in [3.05, 3.63) is 29.8 Å². The van der Waals surface area contributed by atoms with Gasteiger partial charge in [0.1, 0.15) is 12.4 Å². The minimum atomic E-state index is -4.36. The van der Waals surface area contributed by atoms with Crippen LogP contribution in [0.15, 0.2) is 24.3 Å². The molecule has 0 aliphatic rings. The number of hydrogen-bond acceptors (Lipinski definition) is 3. The fourth-order valence-electron chi connectivity index (χ4n) is 1.32. The number of ether oxygens (including phenoxy) is 2. The largest absolute Gasteiger partial charge is 0.492 e. The Morgan fingerprint density at radius 3 is 2.67 bits per heavy atom. The Morgan fingerprint density at radius 2 is 2.06 bits per heavy atom. The molecule has 18 heavy (non-hydrogen) atoms. The fraction of sp³-hybridized carbons (Fsp3) is 0.500. The van der Waals surface area contributed by atoms with Crippen LogP contribution in [0.5, 0.6) is 5.75 Å². The zero-order valence-corrected chi connectivity index (χ0v) is 10.0. The van der Waals surface area contributed by atoms with E-state index in [-0.39, 0.29) is 18.4 Å². The van der Waals surface area contributed by atoms with E-state index in [1.807, 2.05) is 0 Å². The standard InChI is InChI=1S/C12H16F3NO2/c1-17-6-5-10(16)8-18-11-4-2-3-9(7-11)12(13,14)15/h2-4,7,10H,5-6,8,16H2,1H3. The Labute approximate surface area is 104 Å². The van der Waals surface area contributed by atoms with Crippen molar-refractivity contribution >= 4 is 0 Å². The van der Waals surface area contributed by atoms with Gasteiger partial charge in [-0.2, -0.15) is 13.2 Å². The normalized spacial score (nSPS) is 13.4. The summed E-state index contributed by atoms with van der Waals surface area (Å²) in [5, 5.41) is 0. The van der Waals surface area contributed by atoms with Crippen LogP contribution in [-0.4, -0.2) is 26.4 Å². The summed E-state index contributed by atoms with van der Waals surface area (Å²) in [4.78, 5) is 0. The molecule has 1 unspecified atom stereocenters. The molecule has 0 radical (unpaired) electrons. The molecule has 0 heterocycles. The summed E-state index contributed by atoms with van der Waals surface area (Å²) in [6.07, 6.45) is -3.77. The summed E-state index contributed by atoms with van der Waals surface area (Å²) in [6, 6.07) is 4.47. The lowest BCUT2D eigenvalue weighted by Crippen LogP contribution is -2.29. The van der Waals surface area contributed by atoms with Crippen molar-refractivity contribution in [3.8, 4) is 5.75 Å². The molecule has 0 amide bonds. The molecule has 1 aromatic rings. The average molecular weight is 263 g/mol. The van der Waals surface area contributed by atoms with Gasteiger partial charge in [0.25, 0.3) is 0 Å². The molecule has 0 spiro atoms. The highest BCUT2D eigenvalue weighted by molar-refractivity contribution is 5.30. The van der Waals surface area contributed by atoms with E-state index in [1.54, 1.807) is 7.11 Å². The third kappa shape index (κ3) is 4.93. The van der Waals surface area contributed by atoms with Crippen molar-refractivity contribution in [2.45, 2.75) is 18.6 Å². The molecule has 6 heteroatoms. The second-order valence-corrected chi connectivity index (χ2v) is 3.88. The second-order valence-electron chi connectivity index (χ2n) is 3.88. The van der Waals surface area contributed by atoms with Crippen LogP contribution in [0.1, 0.15) is 12.0 Å². The minimum Gasteiger partial charge on any atom is -0.492 e. The zero-order chi connectivity index (χ0) is 13.6. The van der Waals surface area contributed by atoms with E-state index in [9.17, 15) is 13.2 Å². The topological polar surface area (TPSA) is 44.5 Å². The van der Waals surface area contributed by atoms with Crippen molar-refractivity contribution in [1.29, 1.82) is 0 Å². The first-order chi connectivity index (χ1) is 8.43. The molecule has 0 bridgehead atoms. The van der Waals surface area contributed by atoms with E-state index in [0.29, 0.717) is 13.0 Å². The van der Waals surface area contributed by atoms with E-state index < -0.39 is 11.7 Å². The van der Waals surface area contributed by atoms with Gasteiger partial charge in [-0.1, -0.05) is 6.07 Å². The quantitative estimate of drug-likeness (QED) is 0.857. The SMILES string of the molecule is COCCC(N)COc1cccc(C(F)(F)F)c1. The second kappa shape index (κ2) is 6.61. The summed E-state index contributed by atoms with van der Waals surface area (Å²) in [6.45, 7) is 0.651. The van der Waals surface area contributed by atoms with E-state index >= 15 is 0 Å². The van der Waals surface area contributed by atoms with Crippen LogP contribution in [-0.2, 0) is 10.9 Å². The van der Waals surface area contributed by atoms with Crippen molar-refractivity contribution in [3.63, 3.8) is 0 Å². The Bertz CT molecular complexity index is 369. The molecule has 102 valence electrons. The maximum absolute atomic E-state index is 12.4. The van der Waals surface area contributed by atoms with Crippen molar-refractivity contribution < 1.29 is 22.6 Å². The van der Waals surface area contributed by atoms with Gasteiger partial charge in [0.15, 0.2) is 0 Å². The van der Waals surface area contributed by atoms with Gasteiger partial charge < -0.3 is 15.2 Å². The van der Waals surface area contributed by atoms with Crippen molar-refractivity contribution in [1.82, 2.24) is 0 Å². The molecular weight excluding hydrogens is 247 g/mol. The molecule has 0 aliphatic heterocycles. The van der Waals surface area contributed by atoms with E-state index in [0.717, 1.165) is 12.1 Å². The van der Waals surface area contributed by atoms with Gasteiger partial charge in [0.05, 0.1) is 5.56 Å². The Hall–Kier alpha value is -1.27. The molecule has 0 saturated carbocycles. The van der Waals surface area contributed by atoms with E-state index in [1.165, 1.54) is 12.1 Å². The summed E-state index contributed by atoms with van der Waals surface area (Å²) in [5.74, 6) is 0.165. The molecule has 0 aliphatic carbocycles. The number of halogens is 3. The number of nitrogens with two attached hydrogens (primary N) is 1. The van der Waals surface area contributed by atoms with Gasteiger partial charge >= 0.3 is 6.18 Å². The highest BCUT2D eigenvalue weighted by Crippen LogP contribution is 2.31. The Kier molecular flexibility index (Phi) is 5.43. The number of benzene rings is 1. The van der Waals surface area contributed by atoms with Crippen LogP contribution in [0, 0.1) is 0 Å². The van der Waals surface area contributed by atoms with Crippen LogP contribution in [0.2, 0.25) is 0 Å². The Balaban J connectivity index is 2.52. The monoisotopic (exact) mass is 263 g/mol. The summed E-state index contributed by atoms with van der Waals surface area (Å²) in [7, 11) is 1.56. The van der Waals surface area contributed by atoms with Crippen LogP contribution in [0.4, 0.5) is 13.2 Å². The maximum atomic E-state index is 12.4. The van der Waals surface area contributed by atoms with Crippen LogP contribution in [0.3, 0.4) is 0 Å². The van der Waals surface area contributed by atoms with Crippen molar-refractivity contribution in [2.24, 2.45) is 5.73 Å². The first kappa shape index (κ1) is 14.8. The third-order valence-electron chi connectivity index (χ3n) is 2.32. The fourth-order valence-corrected chi connectivity index (χ4v) is 1.32. The van der Waals surface area contributed by atoms with Crippen LogP contribution >= 0.6 is 0 Å². The van der Waals surface area contributed by atoms with Crippen molar-refractivity contribution in [2.75, 3.05) is 20.3 Å². The first-order valence-electron chi connectivity index (χ1n) is 5.48. The molecule has 0 aromatic heterocycles. The lowest BCUT2D eigenvalue weighted by Gasteiger charge is -2.14. The highest BCUT2D eigenvalue weighted by atomic mass is 19.4. The summed E-state index contributed by atoms with van der Waals surface area (Å²) >= 11 is 0. The Morgan fingerprint density at radius 1 is 1.33 bits per heavy atom. The molecule has 0 saturated heterocycles. The average Bonchev–Trinajstić information content (AvgIpc) is 2.33. The van der Waals surface area contributed by atoms with Gasteiger partial charge in [0, 0.05) is 19.8 Å². The minimum absolute atomic E-state index is 0.157. The molecule has 0 fully saturated rings. The zero-order valence-electron chi connectivity index (χ0n) is 10.0. The smallest absolute Gasteiger partial charge is 0.416 e. The number of methoxy groups -OCH3 is 1. The lowest BCUT2D eigenvalue weighted by molar-refractivity contribution is -0.137.